The lowest BCUT2D eigenvalue weighted by atomic mass is 10.1. The Kier molecular flexibility index (Phi) is 5.99. The van der Waals surface area contributed by atoms with Crippen LogP contribution >= 0.6 is 0 Å². The summed E-state index contributed by atoms with van der Waals surface area (Å²) in [4.78, 5) is 13.1. The van der Waals surface area contributed by atoms with Crippen molar-refractivity contribution in [2.24, 2.45) is 0 Å². The van der Waals surface area contributed by atoms with Gasteiger partial charge in [-0.3, -0.25) is 4.79 Å². The molecule has 0 fully saturated rings. The number of ether oxygens (including phenoxy) is 2. The first-order chi connectivity index (χ1) is 16.7. The van der Waals surface area contributed by atoms with E-state index in [9.17, 15) is 9.90 Å². The summed E-state index contributed by atoms with van der Waals surface area (Å²) in [5, 5.41) is 10.9. The van der Waals surface area contributed by atoms with Crippen molar-refractivity contribution in [3.05, 3.63) is 124 Å². The Morgan fingerprint density at radius 1 is 0.676 bits per heavy atom. The molecule has 0 aliphatic heterocycles. The normalized spacial score (nSPS) is 10.8. The molecule has 0 spiro atoms. The molecule has 5 heteroatoms. The fourth-order valence-electron chi connectivity index (χ4n) is 3.69. The quantitative estimate of drug-likeness (QED) is 0.314. The van der Waals surface area contributed by atoms with Gasteiger partial charge in [-0.25, -0.2) is 0 Å². The van der Waals surface area contributed by atoms with E-state index < -0.39 is 11.2 Å². The molecule has 0 atom stereocenters. The summed E-state index contributed by atoms with van der Waals surface area (Å²) in [6, 6.07) is 31.7. The minimum absolute atomic E-state index is 0.104. The first-order valence-electron chi connectivity index (χ1n) is 10.9. The zero-order valence-corrected chi connectivity index (χ0v) is 18.3. The van der Waals surface area contributed by atoms with Gasteiger partial charge in [0.2, 0.25) is 11.2 Å². The van der Waals surface area contributed by atoms with Crippen LogP contribution in [-0.4, -0.2) is 5.11 Å². The molecule has 5 rings (SSSR count). The van der Waals surface area contributed by atoms with E-state index in [4.69, 9.17) is 13.9 Å². The van der Waals surface area contributed by atoms with Gasteiger partial charge in [0.1, 0.15) is 35.7 Å². The maximum absolute atomic E-state index is 13.1. The first kappa shape index (κ1) is 21.3. The second-order valence-corrected chi connectivity index (χ2v) is 7.81. The standard InChI is InChI=1S/C29H22O5/c30-27-26-24(33-19-21-10-5-2-6-11-21)12-7-13-25(26)34-29(28(27)31)22-14-16-23(17-15-22)32-18-20-8-3-1-4-9-20/h1-17,31H,18-19H2. The van der Waals surface area contributed by atoms with Crippen LogP contribution < -0.4 is 14.9 Å². The van der Waals surface area contributed by atoms with Crippen LogP contribution in [0.5, 0.6) is 17.2 Å². The molecular weight excluding hydrogens is 428 g/mol. The molecule has 0 aliphatic rings. The van der Waals surface area contributed by atoms with E-state index in [-0.39, 0.29) is 11.1 Å². The average Bonchev–Trinajstić information content (AvgIpc) is 2.90. The number of fused-ring (bicyclic) bond motifs is 1. The Morgan fingerprint density at radius 3 is 1.94 bits per heavy atom. The van der Waals surface area contributed by atoms with Crippen molar-refractivity contribution >= 4 is 11.0 Å². The summed E-state index contributed by atoms with van der Waals surface area (Å²) in [5.74, 6) is 0.682. The number of hydrogen-bond donors (Lipinski definition) is 1. The monoisotopic (exact) mass is 450 g/mol. The third kappa shape index (κ3) is 4.50. The van der Waals surface area contributed by atoms with Crippen LogP contribution in [0.3, 0.4) is 0 Å². The van der Waals surface area contributed by atoms with Crippen molar-refractivity contribution in [1.29, 1.82) is 0 Å². The first-order valence-corrected chi connectivity index (χ1v) is 10.9. The van der Waals surface area contributed by atoms with Crippen molar-refractivity contribution in [2.75, 3.05) is 0 Å². The molecule has 0 amide bonds. The third-order valence-electron chi connectivity index (χ3n) is 5.46. The summed E-state index contributed by atoms with van der Waals surface area (Å²) in [5.41, 5.74) is 2.41. The van der Waals surface area contributed by atoms with Crippen LogP contribution in [0.1, 0.15) is 11.1 Å². The molecule has 34 heavy (non-hydrogen) atoms. The van der Waals surface area contributed by atoms with Gasteiger partial charge in [0.05, 0.1) is 0 Å². The van der Waals surface area contributed by atoms with E-state index in [1.165, 1.54) is 0 Å². The van der Waals surface area contributed by atoms with Crippen LogP contribution in [0, 0.1) is 0 Å². The molecule has 5 aromatic rings. The minimum Gasteiger partial charge on any atom is -0.502 e. The fourth-order valence-corrected chi connectivity index (χ4v) is 3.69. The second-order valence-electron chi connectivity index (χ2n) is 7.81. The summed E-state index contributed by atoms with van der Waals surface area (Å²) < 4.78 is 17.6. The Morgan fingerprint density at radius 2 is 1.29 bits per heavy atom. The van der Waals surface area contributed by atoms with Gasteiger partial charge >= 0.3 is 0 Å². The predicted octanol–water partition coefficient (Wildman–Crippen LogP) is 6.32. The highest BCUT2D eigenvalue weighted by Gasteiger charge is 2.18. The highest BCUT2D eigenvalue weighted by molar-refractivity contribution is 5.87. The molecule has 168 valence electrons. The molecule has 0 saturated heterocycles. The largest absolute Gasteiger partial charge is 0.502 e. The van der Waals surface area contributed by atoms with Crippen molar-refractivity contribution in [1.82, 2.24) is 0 Å². The maximum atomic E-state index is 13.1. The van der Waals surface area contributed by atoms with Crippen LogP contribution in [0.25, 0.3) is 22.3 Å². The van der Waals surface area contributed by atoms with Crippen molar-refractivity contribution in [3.63, 3.8) is 0 Å². The zero-order valence-electron chi connectivity index (χ0n) is 18.3. The Hall–Kier alpha value is -4.51. The van der Waals surface area contributed by atoms with E-state index in [1.54, 1.807) is 42.5 Å². The average molecular weight is 450 g/mol. The van der Waals surface area contributed by atoms with E-state index in [1.807, 2.05) is 60.7 Å². The number of aromatic hydroxyl groups is 1. The van der Waals surface area contributed by atoms with Crippen LogP contribution in [-0.2, 0) is 13.2 Å². The molecule has 0 unspecified atom stereocenters. The Balaban J connectivity index is 1.41. The van der Waals surface area contributed by atoms with Gasteiger partial charge in [0, 0.05) is 5.56 Å². The Labute approximate surface area is 196 Å². The molecule has 0 radical (unpaired) electrons. The lowest BCUT2D eigenvalue weighted by Crippen LogP contribution is -2.06. The summed E-state index contributed by atoms with van der Waals surface area (Å²) in [6.45, 7) is 0.745. The minimum atomic E-state index is -0.538. The van der Waals surface area contributed by atoms with E-state index >= 15 is 0 Å². The van der Waals surface area contributed by atoms with Crippen LogP contribution in [0.4, 0.5) is 0 Å². The van der Waals surface area contributed by atoms with Crippen LogP contribution in [0.2, 0.25) is 0 Å². The number of benzene rings is 4. The van der Waals surface area contributed by atoms with E-state index in [2.05, 4.69) is 0 Å². The molecule has 1 N–H and O–H groups in total. The lowest BCUT2D eigenvalue weighted by molar-refractivity contribution is 0.306. The van der Waals surface area contributed by atoms with E-state index in [0.29, 0.717) is 35.9 Å². The number of hydrogen-bond acceptors (Lipinski definition) is 5. The second kappa shape index (κ2) is 9.55. The predicted molar refractivity (Wildman–Crippen MR) is 131 cm³/mol. The smallest absolute Gasteiger partial charge is 0.238 e. The maximum Gasteiger partial charge on any atom is 0.238 e. The van der Waals surface area contributed by atoms with Crippen molar-refractivity contribution in [2.45, 2.75) is 13.2 Å². The zero-order chi connectivity index (χ0) is 23.3. The van der Waals surface area contributed by atoms with Crippen LogP contribution in [0.15, 0.2) is 112 Å². The molecule has 0 aliphatic carbocycles. The highest BCUT2D eigenvalue weighted by Crippen LogP contribution is 2.34. The van der Waals surface area contributed by atoms with Gasteiger partial charge in [-0.15, -0.1) is 0 Å². The molecular formula is C29H22O5. The molecule has 4 aromatic carbocycles. The van der Waals surface area contributed by atoms with E-state index in [0.717, 1.165) is 11.1 Å². The SMILES string of the molecule is O=c1c(O)c(-c2ccc(OCc3ccccc3)cc2)oc2cccc(OCc3ccccc3)c12. The summed E-state index contributed by atoms with van der Waals surface area (Å²) >= 11 is 0. The molecule has 1 heterocycles. The Bertz CT molecular complexity index is 1460. The molecule has 5 nitrogen and oxygen atoms in total. The van der Waals surface area contributed by atoms with Gasteiger partial charge in [0.25, 0.3) is 0 Å². The third-order valence-corrected chi connectivity index (χ3v) is 5.46. The topological polar surface area (TPSA) is 68.9 Å². The summed E-state index contributed by atoms with van der Waals surface area (Å²) in [6.07, 6.45) is 0. The summed E-state index contributed by atoms with van der Waals surface area (Å²) in [7, 11) is 0. The lowest BCUT2D eigenvalue weighted by Gasteiger charge is -2.11. The van der Waals surface area contributed by atoms with Gasteiger partial charge in [-0.2, -0.15) is 0 Å². The van der Waals surface area contributed by atoms with Crippen molar-refractivity contribution in [3.8, 4) is 28.6 Å². The van der Waals surface area contributed by atoms with Crippen molar-refractivity contribution < 1.29 is 19.0 Å². The van der Waals surface area contributed by atoms with Gasteiger partial charge in [0.15, 0.2) is 5.76 Å². The fraction of sp³-hybridized carbons (Fsp3) is 0.0690. The molecule has 1 aromatic heterocycles. The molecule has 0 saturated carbocycles. The number of rotatable bonds is 7. The van der Waals surface area contributed by atoms with Gasteiger partial charge in [-0.05, 0) is 47.5 Å². The van der Waals surface area contributed by atoms with Gasteiger partial charge < -0.3 is 19.0 Å². The molecule has 0 bridgehead atoms. The van der Waals surface area contributed by atoms with Gasteiger partial charge in [-0.1, -0.05) is 66.7 Å². The highest BCUT2D eigenvalue weighted by atomic mass is 16.5.